The zero-order valence-corrected chi connectivity index (χ0v) is 21.0. The van der Waals surface area contributed by atoms with Crippen molar-refractivity contribution in [1.82, 2.24) is 15.2 Å². The van der Waals surface area contributed by atoms with Gasteiger partial charge < -0.3 is 20.1 Å². The minimum Gasteiger partial charge on any atom is -0.478 e. The first-order valence-electron chi connectivity index (χ1n) is 10.9. The number of carbonyl (C=O) groups is 3. The van der Waals surface area contributed by atoms with Gasteiger partial charge in [-0.1, -0.05) is 11.6 Å². The van der Waals surface area contributed by atoms with Crippen LogP contribution in [0.3, 0.4) is 0 Å². The highest BCUT2D eigenvalue weighted by Crippen LogP contribution is 2.26. The number of aryl methyl sites for hydroxylation is 1. The van der Waals surface area contributed by atoms with Crippen LogP contribution in [0, 0.1) is 6.92 Å². The third-order valence-electron chi connectivity index (χ3n) is 5.46. The Hall–Kier alpha value is -3.83. The number of hydrogen-bond acceptors (Lipinski definition) is 7. The maximum absolute atomic E-state index is 12.9. The van der Waals surface area contributed by atoms with Crippen molar-refractivity contribution in [2.75, 3.05) is 31.6 Å². The van der Waals surface area contributed by atoms with Crippen molar-refractivity contribution in [1.29, 1.82) is 0 Å². The van der Waals surface area contributed by atoms with Gasteiger partial charge in [0.2, 0.25) is 0 Å². The fourth-order valence-corrected chi connectivity index (χ4v) is 4.60. The number of pyridine rings is 1. The van der Waals surface area contributed by atoms with Crippen LogP contribution in [0.25, 0.3) is 5.69 Å². The fraction of sp³-hybridized carbons (Fsp3) is 0.250. The first-order chi connectivity index (χ1) is 17.3. The van der Waals surface area contributed by atoms with Crippen molar-refractivity contribution < 1.29 is 23.9 Å². The van der Waals surface area contributed by atoms with Crippen molar-refractivity contribution in [2.24, 2.45) is 0 Å². The van der Waals surface area contributed by atoms with Gasteiger partial charge in [0, 0.05) is 18.9 Å². The molecule has 188 valence electrons. The highest BCUT2D eigenvalue weighted by atomic mass is 35.5. The molecule has 1 aliphatic heterocycles. The number of rotatable bonds is 8. The first kappa shape index (κ1) is 25.3. The lowest BCUT2D eigenvalue weighted by atomic mass is 10.1. The van der Waals surface area contributed by atoms with E-state index in [0.29, 0.717) is 20.6 Å². The summed E-state index contributed by atoms with van der Waals surface area (Å²) < 4.78 is 12.7. The molecule has 1 aromatic carbocycles. The molecule has 2 N–H and O–H groups in total. The molecule has 0 radical (unpaired) electrons. The van der Waals surface area contributed by atoms with Gasteiger partial charge in [0.25, 0.3) is 17.4 Å². The molecule has 10 nitrogen and oxygen atoms in total. The number of thiophene rings is 1. The summed E-state index contributed by atoms with van der Waals surface area (Å²) in [6, 6.07) is 11.6. The first-order valence-corrected chi connectivity index (χ1v) is 12.1. The van der Waals surface area contributed by atoms with Crippen LogP contribution in [-0.2, 0) is 9.53 Å². The monoisotopic (exact) mass is 530 g/mol. The molecule has 3 heterocycles. The molecule has 0 aliphatic carbocycles. The predicted octanol–water partition coefficient (Wildman–Crippen LogP) is 2.74. The molecule has 1 saturated heterocycles. The van der Waals surface area contributed by atoms with E-state index in [1.807, 2.05) is 6.92 Å². The van der Waals surface area contributed by atoms with Gasteiger partial charge in [-0.2, -0.15) is 0 Å². The third-order valence-corrected chi connectivity index (χ3v) is 6.69. The summed E-state index contributed by atoms with van der Waals surface area (Å²) in [6.07, 6.45) is 0.553. The number of aromatic nitrogens is 1. The van der Waals surface area contributed by atoms with Crippen molar-refractivity contribution in [3.8, 4) is 11.4 Å². The quantitative estimate of drug-likeness (QED) is 0.462. The molecule has 1 aliphatic rings. The van der Waals surface area contributed by atoms with E-state index in [0.717, 1.165) is 5.56 Å². The van der Waals surface area contributed by atoms with Crippen LogP contribution in [0.2, 0.25) is 4.34 Å². The Bertz CT molecular complexity index is 1370. The zero-order valence-electron chi connectivity index (χ0n) is 19.4. The molecular weight excluding hydrogens is 508 g/mol. The lowest BCUT2D eigenvalue weighted by molar-refractivity contribution is -0.122. The standard InChI is InChI=1S/C24H23ClN4O6S/c1-14-10-15(5-6-17(14)28-9-3-4-18(23(28)32)34-13-21(30)26-2)29-12-16(35-24(29)33)11-27-22(31)19-7-8-20(25)36-19/h3-10,16H,11-13H2,1-2H3,(H,26,30)(H,27,31)/t16-/m0/s1. The molecule has 0 unspecified atom stereocenters. The summed E-state index contributed by atoms with van der Waals surface area (Å²) in [4.78, 5) is 51.0. The van der Waals surface area contributed by atoms with Gasteiger partial charge in [-0.05, 0) is 55.0 Å². The molecule has 3 aromatic rings. The summed E-state index contributed by atoms with van der Waals surface area (Å²) in [5.41, 5.74) is 1.51. The van der Waals surface area contributed by atoms with Gasteiger partial charge in [0.15, 0.2) is 12.4 Å². The number of cyclic esters (lactones) is 1. The highest BCUT2D eigenvalue weighted by molar-refractivity contribution is 7.18. The Labute approximate surface area is 215 Å². The minimum absolute atomic E-state index is 0.0439. The van der Waals surface area contributed by atoms with Crippen LogP contribution in [0.1, 0.15) is 15.2 Å². The van der Waals surface area contributed by atoms with E-state index in [1.54, 1.807) is 42.6 Å². The van der Waals surface area contributed by atoms with E-state index in [2.05, 4.69) is 10.6 Å². The molecule has 3 amide bonds. The molecule has 0 bridgehead atoms. The summed E-state index contributed by atoms with van der Waals surface area (Å²) in [5, 5.41) is 5.19. The number of hydrogen-bond donors (Lipinski definition) is 2. The number of nitrogens with zero attached hydrogens (tertiary/aromatic N) is 2. The lowest BCUT2D eigenvalue weighted by Gasteiger charge is -2.17. The van der Waals surface area contributed by atoms with Gasteiger partial charge >= 0.3 is 6.09 Å². The van der Waals surface area contributed by atoms with Crippen molar-refractivity contribution in [3.05, 3.63) is 73.8 Å². The number of carbonyl (C=O) groups excluding carboxylic acids is 3. The van der Waals surface area contributed by atoms with Gasteiger partial charge in [-0.3, -0.25) is 23.9 Å². The topological polar surface area (TPSA) is 119 Å². The van der Waals surface area contributed by atoms with Crippen LogP contribution in [0.15, 0.2) is 53.5 Å². The van der Waals surface area contributed by atoms with Crippen LogP contribution in [-0.4, -0.2) is 55.3 Å². The van der Waals surface area contributed by atoms with E-state index in [4.69, 9.17) is 21.1 Å². The van der Waals surface area contributed by atoms with Crippen molar-refractivity contribution >= 4 is 46.5 Å². The lowest BCUT2D eigenvalue weighted by Crippen LogP contribution is -2.34. The van der Waals surface area contributed by atoms with E-state index >= 15 is 0 Å². The van der Waals surface area contributed by atoms with Gasteiger partial charge in [-0.25, -0.2) is 4.79 Å². The van der Waals surface area contributed by atoms with Gasteiger partial charge in [0.1, 0.15) is 6.10 Å². The average Bonchev–Trinajstić information content (AvgIpc) is 3.47. The number of anilines is 1. The summed E-state index contributed by atoms with van der Waals surface area (Å²) in [7, 11) is 1.48. The van der Waals surface area contributed by atoms with E-state index in [9.17, 15) is 19.2 Å². The van der Waals surface area contributed by atoms with E-state index in [1.165, 1.54) is 33.9 Å². The molecule has 36 heavy (non-hydrogen) atoms. The van der Waals surface area contributed by atoms with Gasteiger partial charge in [0.05, 0.1) is 28.0 Å². The Balaban J connectivity index is 1.44. The Morgan fingerprint density at radius 3 is 2.72 bits per heavy atom. The molecule has 2 aromatic heterocycles. The highest BCUT2D eigenvalue weighted by Gasteiger charge is 2.33. The fourth-order valence-electron chi connectivity index (χ4n) is 3.64. The van der Waals surface area contributed by atoms with Crippen LogP contribution in [0.5, 0.6) is 5.75 Å². The number of nitrogens with one attached hydrogen (secondary N) is 2. The number of benzene rings is 1. The molecule has 4 rings (SSSR count). The second kappa shape index (κ2) is 10.8. The maximum atomic E-state index is 12.9. The number of amides is 3. The summed E-state index contributed by atoms with van der Waals surface area (Å²) >= 11 is 7.04. The predicted molar refractivity (Wildman–Crippen MR) is 136 cm³/mol. The van der Waals surface area contributed by atoms with Crippen LogP contribution >= 0.6 is 22.9 Å². The van der Waals surface area contributed by atoms with Crippen LogP contribution < -0.4 is 25.8 Å². The average molecular weight is 531 g/mol. The number of ether oxygens (including phenoxy) is 2. The van der Waals surface area contributed by atoms with Gasteiger partial charge in [-0.15, -0.1) is 11.3 Å². The number of halogens is 1. The van der Waals surface area contributed by atoms with Crippen molar-refractivity contribution in [3.63, 3.8) is 0 Å². The second-order valence-electron chi connectivity index (χ2n) is 7.91. The molecule has 0 spiro atoms. The third kappa shape index (κ3) is 5.52. The SMILES string of the molecule is CNC(=O)COc1cccn(-c2ccc(N3C[C@H](CNC(=O)c4ccc(Cl)s4)OC3=O)cc2C)c1=O. The Kier molecular flexibility index (Phi) is 7.61. The second-order valence-corrected chi connectivity index (χ2v) is 9.63. The minimum atomic E-state index is -0.526. The molecular formula is C24H23ClN4O6S. The molecule has 1 atom stereocenters. The van der Waals surface area contributed by atoms with E-state index in [-0.39, 0.29) is 37.3 Å². The largest absolute Gasteiger partial charge is 0.478 e. The molecule has 12 heteroatoms. The van der Waals surface area contributed by atoms with E-state index < -0.39 is 17.8 Å². The molecule has 1 fully saturated rings. The number of likely N-dealkylation sites (N-methyl/N-ethyl adjacent to an activating group) is 1. The zero-order chi connectivity index (χ0) is 25.8. The van der Waals surface area contributed by atoms with Crippen molar-refractivity contribution in [2.45, 2.75) is 13.0 Å². The Morgan fingerprint density at radius 2 is 2.03 bits per heavy atom. The summed E-state index contributed by atoms with van der Waals surface area (Å²) in [5.74, 6) is -0.590. The summed E-state index contributed by atoms with van der Waals surface area (Å²) in [6.45, 7) is 1.96. The smallest absolute Gasteiger partial charge is 0.414 e. The Morgan fingerprint density at radius 1 is 1.22 bits per heavy atom. The normalized spacial score (nSPS) is 14.9. The molecule has 0 saturated carbocycles. The van der Waals surface area contributed by atoms with Crippen LogP contribution in [0.4, 0.5) is 10.5 Å². The maximum Gasteiger partial charge on any atom is 0.414 e.